The maximum absolute atomic E-state index is 5.46. The van der Waals surface area contributed by atoms with Crippen molar-refractivity contribution >= 4 is 0 Å². The number of hydrogen-bond donors (Lipinski definition) is 1. The van der Waals surface area contributed by atoms with Gasteiger partial charge in [-0.15, -0.1) is 0 Å². The summed E-state index contributed by atoms with van der Waals surface area (Å²) in [5.74, 6) is 4.76. The monoisotopic (exact) mass is 474 g/mol. The van der Waals surface area contributed by atoms with Gasteiger partial charge < -0.3 is 14.8 Å². The van der Waals surface area contributed by atoms with Crippen molar-refractivity contribution in [2.75, 3.05) is 39.5 Å². The predicted molar refractivity (Wildman–Crippen MR) is 151 cm³/mol. The summed E-state index contributed by atoms with van der Waals surface area (Å²) in [6, 6.07) is 0. The van der Waals surface area contributed by atoms with Crippen LogP contribution in [0.5, 0.6) is 0 Å². The molecule has 204 valence electrons. The van der Waals surface area contributed by atoms with E-state index < -0.39 is 0 Å². The van der Waals surface area contributed by atoms with Crippen LogP contribution in [0.2, 0.25) is 0 Å². The van der Waals surface area contributed by atoms with Gasteiger partial charge in [-0.05, 0) is 87.1 Å². The maximum Gasteiger partial charge on any atom is 0.0468 e. The number of rotatable bonds is 18. The molecule has 0 rings (SSSR count). The van der Waals surface area contributed by atoms with Crippen molar-refractivity contribution in [1.29, 1.82) is 0 Å². The summed E-state index contributed by atoms with van der Waals surface area (Å²) in [5, 5.41) is 3.45. The van der Waals surface area contributed by atoms with Gasteiger partial charge in [0.2, 0.25) is 0 Å². The molecule has 3 heteroatoms. The zero-order valence-electron chi connectivity index (χ0n) is 25.3. The second-order valence-electron chi connectivity index (χ2n) is 12.1. The minimum atomic E-state index is 0.772. The Morgan fingerprint density at radius 3 is 0.758 bits per heavy atom. The number of nitrogens with one attached hydrogen (secondary N) is 1. The van der Waals surface area contributed by atoms with Crippen molar-refractivity contribution in [2.24, 2.45) is 35.5 Å². The summed E-state index contributed by atoms with van der Waals surface area (Å²) in [7, 11) is 0. The Labute approximate surface area is 211 Å². The topological polar surface area (TPSA) is 30.5 Å². The molecule has 0 aliphatic heterocycles. The summed E-state index contributed by atoms with van der Waals surface area (Å²) in [5.41, 5.74) is 0. The highest BCUT2D eigenvalue weighted by molar-refractivity contribution is 4.53. The van der Waals surface area contributed by atoms with Crippen molar-refractivity contribution in [3.05, 3.63) is 0 Å². The smallest absolute Gasteiger partial charge is 0.0468 e. The van der Waals surface area contributed by atoms with Gasteiger partial charge in [0.1, 0.15) is 0 Å². The summed E-state index contributed by atoms with van der Waals surface area (Å²) in [4.78, 5) is 0. The molecule has 0 amide bonds. The third kappa shape index (κ3) is 49.9. The normalized spacial score (nSPS) is 11.5. The van der Waals surface area contributed by atoms with Crippen LogP contribution < -0.4 is 5.32 Å². The van der Waals surface area contributed by atoms with E-state index in [2.05, 4.69) is 88.4 Å². The van der Waals surface area contributed by atoms with Gasteiger partial charge in [0.25, 0.3) is 0 Å². The van der Waals surface area contributed by atoms with Crippen molar-refractivity contribution in [3.8, 4) is 0 Å². The molecule has 0 saturated heterocycles. The number of hydrogen-bond acceptors (Lipinski definition) is 3. The fraction of sp³-hybridized carbons (Fsp3) is 1.00. The van der Waals surface area contributed by atoms with Gasteiger partial charge in [-0.25, -0.2) is 0 Å². The zero-order valence-corrected chi connectivity index (χ0v) is 25.3. The summed E-state index contributed by atoms with van der Waals surface area (Å²) in [6.45, 7) is 33.0. The Morgan fingerprint density at radius 2 is 0.576 bits per heavy atom. The highest BCUT2D eigenvalue weighted by Crippen LogP contribution is 2.03. The van der Waals surface area contributed by atoms with E-state index in [4.69, 9.17) is 9.47 Å². The molecule has 0 bridgehead atoms. The van der Waals surface area contributed by atoms with Gasteiger partial charge in [0, 0.05) is 26.4 Å². The van der Waals surface area contributed by atoms with Crippen molar-refractivity contribution < 1.29 is 9.47 Å². The van der Waals surface area contributed by atoms with Crippen LogP contribution in [0.25, 0.3) is 0 Å². The van der Waals surface area contributed by atoms with Crippen LogP contribution >= 0.6 is 0 Å². The Balaban J connectivity index is -0.000000409. The highest BCUT2D eigenvalue weighted by atomic mass is 16.5. The molecule has 0 atom stereocenters. The molecular weight excluding hydrogens is 406 g/mol. The summed E-state index contributed by atoms with van der Waals surface area (Å²) >= 11 is 0. The molecule has 0 aliphatic carbocycles. The largest absolute Gasteiger partial charge is 0.381 e. The van der Waals surface area contributed by atoms with Crippen LogP contribution in [0.3, 0.4) is 0 Å². The van der Waals surface area contributed by atoms with Crippen molar-refractivity contribution in [3.63, 3.8) is 0 Å². The molecular formula is C30H67NO2. The van der Waals surface area contributed by atoms with Gasteiger partial charge in [0.15, 0.2) is 0 Å². The first-order valence-electron chi connectivity index (χ1n) is 14.2. The van der Waals surface area contributed by atoms with Crippen LogP contribution in [0.15, 0.2) is 0 Å². The molecule has 0 heterocycles. The SMILES string of the molecule is CC(C)CCNCCC(C)C.CC(C)CCOCCC(C)C.CC(C)CCOCCC(C)C. The van der Waals surface area contributed by atoms with E-state index in [1.54, 1.807) is 0 Å². The molecule has 0 radical (unpaired) electrons. The van der Waals surface area contributed by atoms with E-state index in [9.17, 15) is 0 Å². The molecule has 0 unspecified atom stereocenters. The number of ether oxygens (including phenoxy) is 2. The Hall–Kier alpha value is -0.120. The van der Waals surface area contributed by atoms with Gasteiger partial charge in [-0.1, -0.05) is 83.1 Å². The molecule has 0 aromatic rings. The molecule has 3 nitrogen and oxygen atoms in total. The summed E-state index contributed by atoms with van der Waals surface area (Å²) < 4.78 is 10.9. The van der Waals surface area contributed by atoms with Gasteiger partial charge >= 0.3 is 0 Å². The van der Waals surface area contributed by atoms with Gasteiger partial charge in [0.05, 0.1) is 0 Å². The maximum atomic E-state index is 5.46. The molecule has 0 spiro atoms. The average molecular weight is 474 g/mol. The second kappa shape index (κ2) is 28.1. The first kappa shape index (κ1) is 37.4. The van der Waals surface area contributed by atoms with E-state index in [0.29, 0.717) is 0 Å². The molecule has 0 saturated carbocycles. The molecule has 0 aromatic heterocycles. The standard InChI is InChI=1S/C10H23N.2C10H22O/c3*1-9(2)5-7-11-8-6-10(3)4/h9-11H,5-8H2,1-4H3;2*9-10H,5-8H2,1-4H3. The highest BCUT2D eigenvalue weighted by Gasteiger charge is 1.97. The Kier molecular flexibility index (Phi) is 31.9. The lowest BCUT2D eigenvalue weighted by molar-refractivity contribution is 0.114. The lowest BCUT2D eigenvalue weighted by Crippen LogP contribution is -2.19. The molecule has 33 heavy (non-hydrogen) atoms. The van der Waals surface area contributed by atoms with E-state index in [0.717, 1.165) is 61.9 Å². The van der Waals surface area contributed by atoms with E-state index in [1.165, 1.54) is 51.6 Å². The third-order valence-electron chi connectivity index (χ3n) is 5.16. The van der Waals surface area contributed by atoms with Gasteiger partial charge in [-0.2, -0.15) is 0 Å². The minimum absolute atomic E-state index is 0.772. The molecule has 0 aliphatic rings. The lowest BCUT2D eigenvalue weighted by Gasteiger charge is -2.07. The van der Waals surface area contributed by atoms with Gasteiger partial charge in [-0.3, -0.25) is 0 Å². The van der Waals surface area contributed by atoms with Crippen LogP contribution in [0, 0.1) is 35.5 Å². The van der Waals surface area contributed by atoms with Crippen molar-refractivity contribution in [2.45, 2.75) is 122 Å². The van der Waals surface area contributed by atoms with Crippen molar-refractivity contribution in [1.82, 2.24) is 5.32 Å². The van der Waals surface area contributed by atoms with E-state index in [1.807, 2.05) is 0 Å². The third-order valence-corrected chi connectivity index (χ3v) is 5.16. The first-order chi connectivity index (χ1) is 15.4. The average Bonchev–Trinajstić information content (AvgIpc) is 2.67. The quantitative estimate of drug-likeness (QED) is 0.202. The lowest BCUT2D eigenvalue weighted by atomic mass is 10.1. The minimum Gasteiger partial charge on any atom is -0.381 e. The first-order valence-corrected chi connectivity index (χ1v) is 14.2. The van der Waals surface area contributed by atoms with Crippen LogP contribution in [0.4, 0.5) is 0 Å². The summed E-state index contributed by atoms with van der Waals surface area (Å²) in [6.07, 6.45) is 7.38. The molecule has 0 fully saturated rings. The van der Waals surface area contributed by atoms with E-state index in [-0.39, 0.29) is 0 Å². The Bertz CT molecular complexity index is 256. The van der Waals surface area contributed by atoms with E-state index >= 15 is 0 Å². The predicted octanol–water partition coefficient (Wildman–Crippen LogP) is 8.86. The molecule has 1 N–H and O–H groups in total. The fourth-order valence-electron chi connectivity index (χ4n) is 2.39. The Morgan fingerprint density at radius 1 is 0.364 bits per heavy atom. The fourth-order valence-corrected chi connectivity index (χ4v) is 2.39. The van der Waals surface area contributed by atoms with Crippen LogP contribution in [-0.4, -0.2) is 39.5 Å². The molecule has 0 aromatic carbocycles. The zero-order chi connectivity index (χ0) is 26.1. The second-order valence-corrected chi connectivity index (χ2v) is 12.1. The van der Waals surface area contributed by atoms with Crippen LogP contribution in [-0.2, 0) is 9.47 Å². The van der Waals surface area contributed by atoms with Crippen LogP contribution in [0.1, 0.15) is 122 Å².